The van der Waals surface area contributed by atoms with E-state index in [0.717, 1.165) is 37.9 Å². The Labute approximate surface area is 121 Å². The maximum absolute atomic E-state index is 12.2. The van der Waals surface area contributed by atoms with Crippen LogP contribution < -0.4 is 5.32 Å². The van der Waals surface area contributed by atoms with E-state index in [-0.39, 0.29) is 17.8 Å². The minimum atomic E-state index is -0.187. The van der Waals surface area contributed by atoms with Gasteiger partial charge >= 0.3 is 0 Å². The summed E-state index contributed by atoms with van der Waals surface area (Å²) in [6, 6.07) is 2.22. The number of nitrogens with zero attached hydrogens (tertiary/aromatic N) is 2. The predicted octanol–water partition coefficient (Wildman–Crippen LogP) is 2.63. The van der Waals surface area contributed by atoms with E-state index < -0.39 is 0 Å². The average Bonchev–Trinajstić information content (AvgIpc) is 3.08. The lowest BCUT2D eigenvalue weighted by atomic mass is 9.94. The fourth-order valence-electron chi connectivity index (χ4n) is 2.60. The lowest BCUT2D eigenvalue weighted by Gasteiger charge is -2.23. The molecule has 3 rings (SSSR count). The molecule has 6 heteroatoms. The number of hydrogen-bond acceptors (Lipinski definition) is 4. The molecule has 0 aromatic carbocycles. The number of aromatic amines is 1. The highest BCUT2D eigenvalue weighted by Crippen LogP contribution is 2.33. The molecule has 20 heavy (non-hydrogen) atoms. The minimum absolute atomic E-state index is 0.102. The summed E-state index contributed by atoms with van der Waals surface area (Å²) in [7, 11) is 0. The van der Waals surface area contributed by atoms with Gasteiger partial charge in [-0.05, 0) is 42.7 Å². The van der Waals surface area contributed by atoms with E-state index in [2.05, 4.69) is 38.9 Å². The topological polar surface area (TPSA) is 70.7 Å². The van der Waals surface area contributed by atoms with Crippen molar-refractivity contribution in [3.05, 3.63) is 33.5 Å². The summed E-state index contributed by atoms with van der Waals surface area (Å²) in [5.74, 6) is 0.834. The summed E-state index contributed by atoms with van der Waals surface area (Å²) in [6.45, 7) is 2.07. The Morgan fingerprint density at radius 2 is 2.50 bits per heavy atom. The van der Waals surface area contributed by atoms with Crippen LogP contribution in [-0.2, 0) is 12.8 Å². The largest absolute Gasteiger partial charge is 0.342 e. The van der Waals surface area contributed by atoms with Gasteiger partial charge in [-0.15, -0.1) is 16.4 Å². The summed E-state index contributed by atoms with van der Waals surface area (Å²) in [6.07, 6.45) is 5.03. The van der Waals surface area contributed by atoms with Gasteiger partial charge in [-0.3, -0.25) is 9.89 Å². The molecule has 0 aliphatic heterocycles. The summed E-state index contributed by atoms with van der Waals surface area (Å²) < 4.78 is 0. The molecule has 0 fully saturated rings. The van der Waals surface area contributed by atoms with Gasteiger partial charge in [0.15, 0.2) is 0 Å². The van der Waals surface area contributed by atoms with E-state index >= 15 is 0 Å². The number of amides is 1. The number of carbonyl (C=O) groups excluding carboxylic acids is 1. The first-order chi connectivity index (χ1) is 9.78. The molecule has 2 aromatic rings. The Balaban J connectivity index is 1.70. The van der Waals surface area contributed by atoms with E-state index in [1.54, 1.807) is 11.3 Å². The van der Waals surface area contributed by atoms with Crippen LogP contribution in [0.2, 0.25) is 0 Å². The zero-order valence-corrected chi connectivity index (χ0v) is 12.3. The highest BCUT2D eigenvalue weighted by atomic mass is 32.1. The fraction of sp³-hybridized carbons (Fsp3) is 0.500. The molecule has 0 saturated heterocycles. The van der Waals surface area contributed by atoms with Crippen LogP contribution in [0.4, 0.5) is 0 Å². The summed E-state index contributed by atoms with van der Waals surface area (Å²) in [4.78, 5) is 17.8. The Morgan fingerprint density at radius 3 is 3.35 bits per heavy atom. The van der Waals surface area contributed by atoms with Crippen LogP contribution in [-0.4, -0.2) is 21.1 Å². The van der Waals surface area contributed by atoms with Gasteiger partial charge in [-0.1, -0.05) is 6.92 Å². The molecule has 1 aliphatic rings. The lowest BCUT2D eigenvalue weighted by molar-refractivity contribution is 0.0922. The highest BCUT2D eigenvalue weighted by Gasteiger charge is 2.24. The Hall–Kier alpha value is -1.69. The van der Waals surface area contributed by atoms with Gasteiger partial charge in [0.2, 0.25) is 5.82 Å². The van der Waals surface area contributed by atoms with Crippen molar-refractivity contribution in [1.29, 1.82) is 0 Å². The van der Waals surface area contributed by atoms with Crippen LogP contribution in [0, 0.1) is 0 Å². The maximum atomic E-state index is 12.2. The van der Waals surface area contributed by atoms with Gasteiger partial charge in [0.1, 0.15) is 5.82 Å². The fourth-order valence-corrected chi connectivity index (χ4v) is 3.59. The van der Waals surface area contributed by atoms with Crippen LogP contribution in [0.1, 0.15) is 59.1 Å². The molecule has 2 heterocycles. The van der Waals surface area contributed by atoms with E-state index in [1.165, 1.54) is 10.4 Å². The second-order valence-corrected chi connectivity index (χ2v) is 6.07. The minimum Gasteiger partial charge on any atom is -0.342 e. The smallest absolute Gasteiger partial charge is 0.291 e. The van der Waals surface area contributed by atoms with Gasteiger partial charge in [0, 0.05) is 11.3 Å². The van der Waals surface area contributed by atoms with Crippen LogP contribution in [0.3, 0.4) is 0 Å². The van der Waals surface area contributed by atoms with Crippen LogP contribution >= 0.6 is 11.3 Å². The van der Waals surface area contributed by atoms with Gasteiger partial charge in [-0.2, -0.15) is 0 Å². The second-order valence-electron chi connectivity index (χ2n) is 5.07. The molecule has 1 unspecified atom stereocenters. The van der Waals surface area contributed by atoms with Crippen molar-refractivity contribution in [2.24, 2.45) is 0 Å². The molecule has 106 valence electrons. The molecule has 2 aromatic heterocycles. The Morgan fingerprint density at radius 1 is 1.60 bits per heavy atom. The maximum Gasteiger partial charge on any atom is 0.291 e. The van der Waals surface area contributed by atoms with Crippen LogP contribution in [0.5, 0.6) is 0 Å². The van der Waals surface area contributed by atoms with E-state index in [0.29, 0.717) is 0 Å². The third-order valence-electron chi connectivity index (χ3n) is 3.58. The van der Waals surface area contributed by atoms with Crippen molar-refractivity contribution in [3.8, 4) is 0 Å². The number of aryl methyl sites for hydroxylation is 2. The number of fused-ring (bicyclic) bond motifs is 1. The molecule has 0 radical (unpaired) electrons. The number of rotatable bonds is 4. The molecule has 1 amide bonds. The van der Waals surface area contributed by atoms with E-state index in [9.17, 15) is 4.79 Å². The number of aromatic nitrogens is 3. The molecular weight excluding hydrogens is 272 g/mol. The first-order valence-corrected chi connectivity index (χ1v) is 7.94. The number of hydrogen-bond donors (Lipinski definition) is 2. The third kappa shape index (κ3) is 2.60. The molecule has 0 saturated carbocycles. The van der Waals surface area contributed by atoms with Crippen molar-refractivity contribution >= 4 is 17.2 Å². The van der Waals surface area contributed by atoms with Crippen molar-refractivity contribution in [3.63, 3.8) is 0 Å². The summed E-state index contributed by atoms with van der Waals surface area (Å²) >= 11 is 1.77. The molecule has 0 spiro atoms. The summed E-state index contributed by atoms with van der Waals surface area (Å²) in [5.41, 5.74) is 1.26. The monoisotopic (exact) mass is 290 g/mol. The highest BCUT2D eigenvalue weighted by molar-refractivity contribution is 7.10. The van der Waals surface area contributed by atoms with Gasteiger partial charge < -0.3 is 5.32 Å². The lowest BCUT2D eigenvalue weighted by Crippen LogP contribution is -2.31. The standard InChI is InChI=1S/C14H18N4OS/c1-2-4-12-16-13(18-17-12)14(19)15-10-5-3-6-11-9(10)7-8-20-11/h7-8,10H,2-6H2,1H3,(H,15,19)(H,16,17,18). The average molecular weight is 290 g/mol. The molecule has 0 bridgehead atoms. The quantitative estimate of drug-likeness (QED) is 0.909. The molecule has 5 nitrogen and oxygen atoms in total. The van der Waals surface area contributed by atoms with Crippen molar-refractivity contribution in [2.75, 3.05) is 0 Å². The zero-order chi connectivity index (χ0) is 13.9. The predicted molar refractivity (Wildman–Crippen MR) is 77.8 cm³/mol. The normalized spacial score (nSPS) is 17.8. The van der Waals surface area contributed by atoms with E-state index in [1.807, 2.05) is 0 Å². The summed E-state index contributed by atoms with van der Waals surface area (Å²) in [5, 5.41) is 12.0. The van der Waals surface area contributed by atoms with Crippen molar-refractivity contribution < 1.29 is 4.79 Å². The van der Waals surface area contributed by atoms with Crippen molar-refractivity contribution in [1.82, 2.24) is 20.5 Å². The zero-order valence-electron chi connectivity index (χ0n) is 11.5. The Bertz CT molecular complexity index is 604. The van der Waals surface area contributed by atoms with Gasteiger partial charge in [-0.25, -0.2) is 4.98 Å². The first kappa shape index (κ1) is 13.3. The Kier molecular flexibility index (Phi) is 3.82. The van der Waals surface area contributed by atoms with Crippen LogP contribution in [0.15, 0.2) is 11.4 Å². The van der Waals surface area contributed by atoms with Crippen LogP contribution in [0.25, 0.3) is 0 Å². The number of thiophene rings is 1. The van der Waals surface area contributed by atoms with Crippen molar-refractivity contribution in [2.45, 2.75) is 45.1 Å². The van der Waals surface area contributed by atoms with E-state index in [4.69, 9.17) is 0 Å². The number of nitrogens with one attached hydrogen (secondary N) is 2. The molecule has 1 aliphatic carbocycles. The van der Waals surface area contributed by atoms with Gasteiger partial charge in [0.25, 0.3) is 5.91 Å². The molecule has 1 atom stereocenters. The number of carbonyl (C=O) groups is 1. The number of H-pyrrole nitrogens is 1. The first-order valence-electron chi connectivity index (χ1n) is 7.06. The SMILES string of the molecule is CCCc1nc(C(=O)NC2CCCc3sccc32)n[nH]1. The molecular formula is C14H18N4OS. The second kappa shape index (κ2) is 5.75. The third-order valence-corrected chi connectivity index (χ3v) is 4.58. The van der Waals surface area contributed by atoms with Gasteiger partial charge in [0.05, 0.1) is 6.04 Å². The molecule has 2 N–H and O–H groups in total.